The molecular formula is C17H35N3O. The van der Waals surface area contributed by atoms with Crippen molar-refractivity contribution in [3.63, 3.8) is 0 Å². The van der Waals surface area contributed by atoms with E-state index in [2.05, 4.69) is 38.2 Å². The maximum atomic E-state index is 12.2. The molecule has 0 bridgehead atoms. The number of nitrogens with two attached hydrogens (primary N) is 1. The molecule has 0 spiro atoms. The average Bonchev–Trinajstić information content (AvgIpc) is 2.43. The molecule has 0 aromatic rings. The van der Waals surface area contributed by atoms with Gasteiger partial charge in [0.15, 0.2) is 0 Å². The Bertz CT molecular complexity index is 307. The van der Waals surface area contributed by atoms with Crippen molar-refractivity contribution in [1.29, 1.82) is 0 Å². The van der Waals surface area contributed by atoms with Crippen molar-refractivity contribution in [3.8, 4) is 0 Å². The van der Waals surface area contributed by atoms with Crippen LogP contribution in [-0.2, 0) is 4.79 Å². The van der Waals surface area contributed by atoms with E-state index < -0.39 is 0 Å². The highest BCUT2D eigenvalue weighted by molar-refractivity contribution is 5.77. The lowest BCUT2D eigenvalue weighted by Gasteiger charge is -2.34. The van der Waals surface area contributed by atoms with E-state index in [4.69, 9.17) is 5.73 Å². The Morgan fingerprint density at radius 1 is 1.19 bits per heavy atom. The molecule has 1 amide bonds. The molecule has 0 radical (unpaired) electrons. The van der Waals surface area contributed by atoms with Crippen molar-refractivity contribution >= 4 is 5.91 Å². The second kappa shape index (κ2) is 8.74. The molecule has 1 saturated carbocycles. The lowest BCUT2D eigenvalue weighted by molar-refractivity contribution is -0.122. The molecule has 0 aliphatic heterocycles. The van der Waals surface area contributed by atoms with Crippen LogP contribution in [0.4, 0.5) is 0 Å². The van der Waals surface area contributed by atoms with Crippen molar-refractivity contribution in [2.75, 3.05) is 20.6 Å². The monoisotopic (exact) mass is 297 g/mol. The number of carbonyl (C=O) groups excluding carboxylic acids is 1. The second-order valence-electron chi connectivity index (χ2n) is 7.01. The van der Waals surface area contributed by atoms with Crippen LogP contribution in [0.1, 0.15) is 65.2 Å². The summed E-state index contributed by atoms with van der Waals surface area (Å²) in [6.45, 7) is 5.18. The van der Waals surface area contributed by atoms with E-state index in [0.717, 1.165) is 45.1 Å². The van der Waals surface area contributed by atoms with Crippen LogP contribution in [0.15, 0.2) is 0 Å². The number of nitrogens with one attached hydrogen (secondary N) is 1. The first-order chi connectivity index (χ1) is 9.91. The van der Waals surface area contributed by atoms with Crippen molar-refractivity contribution in [3.05, 3.63) is 0 Å². The Labute approximate surface area is 130 Å². The Morgan fingerprint density at radius 2 is 1.76 bits per heavy atom. The minimum atomic E-state index is -0.259. The van der Waals surface area contributed by atoms with Crippen molar-refractivity contribution in [2.45, 2.75) is 76.8 Å². The number of carbonyl (C=O) groups is 1. The van der Waals surface area contributed by atoms with Crippen LogP contribution in [0, 0.1) is 5.92 Å². The standard InChI is InChI=1S/C17H35N3O/c1-5-14(6-2)15(20(3)4)13-19-16(21)12-17(18)10-8-7-9-11-17/h14-15H,5-13,18H2,1-4H3,(H,19,21). The fourth-order valence-electron chi connectivity index (χ4n) is 3.64. The molecule has 1 unspecified atom stereocenters. The number of likely N-dealkylation sites (N-methyl/N-ethyl adjacent to an activating group) is 1. The number of hydrogen-bond acceptors (Lipinski definition) is 3. The molecule has 1 aliphatic rings. The lowest BCUT2D eigenvalue weighted by Crippen LogP contribution is -2.49. The van der Waals surface area contributed by atoms with Gasteiger partial charge in [0.1, 0.15) is 0 Å². The van der Waals surface area contributed by atoms with Gasteiger partial charge in [-0.1, -0.05) is 46.0 Å². The Hall–Kier alpha value is -0.610. The SMILES string of the molecule is CCC(CC)C(CNC(=O)CC1(N)CCCCC1)N(C)C. The van der Waals surface area contributed by atoms with Crippen LogP contribution < -0.4 is 11.1 Å². The third-order valence-corrected chi connectivity index (χ3v) is 5.13. The van der Waals surface area contributed by atoms with Gasteiger partial charge in [0.25, 0.3) is 0 Å². The summed E-state index contributed by atoms with van der Waals surface area (Å²) in [7, 11) is 4.20. The molecule has 1 aliphatic carbocycles. The summed E-state index contributed by atoms with van der Waals surface area (Å²) >= 11 is 0. The highest BCUT2D eigenvalue weighted by Gasteiger charge is 2.30. The summed E-state index contributed by atoms with van der Waals surface area (Å²) < 4.78 is 0. The van der Waals surface area contributed by atoms with Crippen LogP contribution >= 0.6 is 0 Å². The predicted octanol–water partition coefficient (Wildman–Crippen LogP) is 2.52. The summed E-state index contributed by atoms with van der Waals surface area (Å²) in [5.41, 5.74) is 6.11. The topological polar surface area (TPSA) is 58.4 Å². The first kappa shape index (κ1) is 18.4. The van der Waals surface area contributed by atoms with Gasteiger partial charge >= 0.3 is 0 Å². The zero-order valence-electron chi connectivity index (χ0n) is 14.5. The molecule has 1 atom stereocenters. The van der Waals surface area contributed by atoms with Gasteiger partial charge in [-0.2, -0.15) is 0 Å². The van der Waals surface area contributed by atoms with Gasteiger partial charge in [-0.3, -0.25) is 4.79 Å². The maximum Gasteiger partial charge on any atom is 0.221 e. The van der Waals surface area contributed by atoms with Gasteiger partial charge in [0.05, 0.1) is 0 Å². The summed E-state index contributed by atoms with van der Waals surface area (Å²) in [6, 6.07) is 0.407. The number of hydrogen-bond donors (Lipinski definition) is 2. The Balaban J connectivity index is 2.45. The Morgan fingerprint density at radius 3 is 2.24 bits per heavy atom. The van der Waals surface area contributed by atoms with E-state index in [1.807, 2.05) is 0 Å². The van der Waals surface area contributed by atoms with Crippen LogP contribution in [0.25, 0.3) is 0 Å². The quantitative estimate of drug-likeness (QED) is 0.724. The molecule has 3 N–H and O–H groups in total. The van der Waals surface area contributed by atoms with E-state index >= 15 is 0 Å². The van der Waals surface area contributed by atoms with Crippen molar-refractivity contribution in [1.82, 2.24) is 10.2 Å². The normalized spacial score (nSPS) is 19.8. The largest absolute Gasteiger partial charge is 0.354 e. The highest BCUT2D eigenvalue weighted by atomic mass is 16.1. The molecular weight excluding hydrogens is 262 g/mol. The van der Waals surface area contributed by atoms with E-state index in [9.17, 15) is 4.79 Å². The van der Waals surface area contributed by atoms with Gasteiger partial charge in [0, 0.05) is 24.5 Å². The number of nitrogens with zero attached hydrogens (tertiary/aromatic N) is 1. The molecule has 1 rings (SSSR count). The summed E-state index contributed by atoms with van der Waals surface area (Å²) in [4.78, 5) is 14.5. The van der Waals surface area contributed by atoms with Crippen LogP contribution in [-0.4, -0.2) is 43.0 Å². The maximum absolute atomic E-state index is 12.2. The summed E-state index contributed by atoms with van der Waals surface area (Å²) in [5.74, 6) is 0.749. The molecule has 0 heterocycles. The predicted molar refractivity (Wildman–Crippen MR) is 89.2 cm³/mol. The van der Waals surface area contributed by atoms with Gasteiger partial charge in [-0.05, 0) is 32.9 Å². The van der Waals surface area contributed by atoms with Gasteiger partial charge < -0.3 is 16.0 Å². The van der Waals surface area contributed by atoms with Gasteiger partial charge in [0.2, 0.25) is 5.91 Å². The Kier molecular flexibility index (Phi) is 7.67. The third-order valence-electron chi connectivity index (χ3n) is 5.13. The van der Waals surface area contributed by atoms with Gasteiger partial charge in [-0.25, -0.2) is 0 Å². The van der Waals surface area contributed by atoms with E-state index in [1.54, 1.807) is 0 Å². The zero-order valence-corrected chi connectivity index (χ0v) is 14.5. The first-order valence-corrected chi connectivity index (χ1v) is 8.64. The third kappa shape index (κ3) is 5.95. The fourth-order valence-corrected chi connectivity index (χ4v) is 3.64. The van der Waals surface area contributed by atoms with Crippen LogP contribution in [0.2, 0.25) is 0 Å². The molecule has 0 saturated heterocycles. The summed E-state index contributed by atoms with van der Waals surface area (Å²) in [6.07, 6.45) is 8.35. The molecule has 4 nitrogen and oxygen atoms in total. The smallest absolute Gasteiger partial charge is 0.221 e. The summed E-state index contributed by atoms with van der Waals surface area (Å²) in [5, 5.41) is 3.13. The van der Waals surface area contributed by atoms with Crippen molar-refractivity contribution in [2.24, 2.45) is 11.7 Å². The molecule has 1 fully saturated rings. The van der Waals surface area contributed by atoms with Gasteiger partial charge in [-0.15, -0.1) is 0 Å². The molecule has 4 heteroatoms. The minimum Gasteiger partial charge on any atom is -0.354 e. The first-order valence-electron chi connectivity index (χ1n) is 8.64. The second-order valence-corrected chi connectivity index (χ2v) is 7.01. The highest BCUT2D eigenvalue weighted by Crippen LogP contribution is 2.28. The average molecular weight is 297 g/mol. The zero-order chi connectivity index (χ0) is 15.9. The van der Waals surface area contributed by atoms with Crippen LogP contribution in [0.5, 0.6) is 0 Å². The van der Waals surface area contributed by atoms with E-state index in [1.165, 1.54) is 6.42 Å². The number of amides is 1. The molecule has 124 valence electrons. The fraction of sp³-hybridized carbons (Fsp3) is 0.941. The number of rotatable bonds is 8. The van der Waals surface area contributed by atoms with E-state index in [-0.39, 0.29) is 11.4 Å². The molecule has 0 aromatic carbocycles. The van der Waals surface area contributed by atoms with Crippen LogP contribution in [0.3, 0.4) is 0 Å². The molecule has 21 heavy (non-hydrogen) atoms. The molecule has 0 aromatic heterocycles. The van der Waals surface area contributed by atoms with Crippen molar-refractivity contribution < 1.29 is 4.79 Å². The van der Waals surface area contributed by atoms with E-state index in [0.29, 0.717) is 18.4 Å². The lowest BCUT2D eigenvalue weighted by atomic mass is 9.80. The minimum absolute atomic E-state index is 0.122.